The summed E-state index contributed by atoms with van der Waals surface area (Å²) in [5, 5.41) is 50.6. The second-order valence-corrected chi connectivity index (χ2v) is 19.4. The summed E-state index contributed by atoms with van der Waals surface area (Å²) in [6.45, 7) is 18.6. The van der Waals surface area contributed by atoms with E-state index in [1.165, 1.54) is 0 Å². The predicted octanol–water partition coefficient (Wildman–Crippen LogP) is 10.1. The van der Waals surface area contributed by atoms with E-state index in [2.05, 4.69) is 67.5 Å². The van der Waals surface area contributed by atoms with E-state index in [0.29, 0.717) is 83.2 Å². The van der Waals surface area contributed by atoms with Crippen molar-refractivity contribution in [3.8, 4) is 57.5 Å². The Balaban J connectivity index is 1.35. The molecule has 2 aliphatic rings. The van der Waals surface area contributed by atoms with E-state index in [9.17, 15) is 20.4 Å². The lowest BCUT2D eigenvalue weighted by Gasteiger charge is -2.37. The van der Waals surface area contributed by atoms with Gasteiger partial charge in [0.05, 0.1) is 37.3 Å². The standard InChI is InChI=1S/C56H62O10/c1-33(2)27-61-37-9-15-45(49(57)21-37)55(46-16-10-38(22-50(46)58)62-28-34(3)4)25-43-41-13-20-54-44(42(41)14-19-53(43)65-31-55)26-56(32-66-54,47-17-11-39(23-51(47)59)63-29-35(5)6)48-18-12-40(24-52(48)60)64-30-36(7)8/h9-26,33-36,57-60H,27-32H2,1-8H3. The summed E-state index contributed by atoms with van der Waals surface area (Å²) in [7, 11) is 0. The van der Waals surface area contributed by atoms with Crippen molar-refractivity contribution in [3.05, 3.63) is 130 Å². The van der Waals surface area contributed by atoms with Crippen molar-refractivity contribution in [2.45, 2.75) is 66.2 Å². The number of phenols is 4. The van der Waals surface area contributed by atoms with Crippen LogP contribution in [-0.4, -0.2) is 60.1 Å². The van der Waals surface area contributed by atoms with Gasteiger partial charge in [0.15, 0.2) is 0 Å². The third-order valence-electron chi connectivity index (χ3n) is 12.0. The monoisotopic (exact) mass is 894 g/mol. The van der Waals surface area contributed by atoms with Gasteiger partial charge in [-0.3, -0.25) is 0 Å². The molecule has 0 bridgehead atoms. The van der Waals surface area contributed by atoms with Crippen LogP contribution in [0, 0.1) is 23.7 Å². The van der Waals surface area contributed by atoms with Gasteiger partial charge in [-0.2, -0.15) is 0 Å². The Labute approximate surface area is 387 Å². The lowest BCUT2D eigenvalue weighted by molar-refractivity contribution is 0.255. The molecular weight excluding hydrogens is 833 g/mol. The first-order valence-corrected chi connectivity index (χ1v) is 23.0. The fourth-order valence-corrected chi connectivity index (χ4v) is 8.80. The molecule has 0 aliphatic carbocycles. The van der Waals surface area contributed by atoms with Gasteiger partial charge in [-0.25, -0.2) is 0 Å². The van der Waals surface area contributed by atoms with Crippen molar-refractivity contribution in [3.63, 3.8) is 0 Å². The highest BCUT2D eigenvalue weighted by atomic mass is 16.5. The van der Waals surface area contributed by atoms with Gasteiger partial charge in [0.2, 0.25) is 0 Å². The van der Waals surface area contributed by atoms with Crippen LogP contribution in [0.2, 0.25) is 0 Å². The number of phenolic OH excluding ortho intramolecular Hbond substituents is 4. The Kier molecular flexibility index (Phi) is 13.0. The number of fused-ring (bicyclic) bond motifs is 5. The lowest BCUT2D eigenvalue weighted by atomic mass is 9.71. The highest BCUT2D eigenvalue weighted by Gasteiger charge is 2.42. The molecule has 0 unspecified atom stereocenters. The van der Waals surface area contributed by atoms with Gasteiger partial charge in [0.1, 0.15) is 70.7 Å². The van der Waals surface area contributed by atoms with E-state index < -0.39 is 10.8 Å². The van der Waals surface area contributed by atoms with Gasteiger partial charge in [-0.15, -0.1) is 0 Å². The molecule has 6 aromatic rings. The predicted molar refractivity (Wildman–Crippen MR) is 258 cm³/mol. The van der Waals surface area contributed by atoms with Crippen LogP contribution in [0.1, 0.15) is 77.6 Å². The molecule has 0 fully saturated rings. The van der Waals surface area contributed by atoms with Gasteiger partial charge >= 0.3 is 0 Å². The summed E-state index contributed by atoms with van der Waals surface area (Å²) in [5.41, 5.74) is -0.279. The molecule has 66 heavy (non-hydrogen) atoms. The van der Waals surface area contributed by atoms with Crippen molar-refractivity contribution in [1.82, 2.24) is 0 Å². The van der Waals surface area contributed by atoms with E-state index >= 15 is 0 Å². The fraction of sp³-hybridized carbons (Fsp3) is 0.357. The number of hydrogen-bond acceptors (Lipinski definition) is 10. The molecule has 4 N–H and O–H groups in total. The van der Waals surface area contributed by atoms with Crippen molar-refractivity contribution in [1.29, 1.82) is 0 Å². The first-order valence-electron chi connectivity index (χ1n) is 23.0. The third kappa shape index (κ3) is 9.10. The van der Waals surface area contributed by atoms with Gasteiger partial charge in [-0.1, -0.05) is 91.8 Å². The van der Waals surface area contributed by atoms with Gasteiger partial charge in [-0.05, 0) is 83.0 Å². The summed E-state index contributed by atoms with van der Waals surface area (Å²) >= 11 is 0. The molecule has 10 heteroatoms. The average molecular weight is 895 g/mol. The summed E-state index contributed by atoms with van der Waals surface area (Å²) in [4.78, 5) is 0. The molecule has 346 valence electrons. The number of rotatable bonds is 16. The Hall–Kier alpha value is -6.68. The van der Waals surface area contributed by atoms with E-state index in [-0.39, 0.29) is 59.9 Å². The molecule has 0 radical (unpaired) electrons. The van der Waals surface area contributed by atoms with Crippen LogP contribution in [0.15, 0.2) is 97.1 Å². The maximum atomic E-state index is 11.9. The van der Waals surface area contributed by atoms with E-state index in [1.807, 2.05) is 72.8 Å². The van der Waals surface area contributed by atoms with Crippen LogP contribution in [0.25, 0.3) is 22.9 Å². The Morgan fingerprint density at radius 2 is 0.682 bits per heavy atom. The zero-order valence-corrected chi connectivity index (χ0v) is 39.2. The highest BCUT2D eigenvalue weighted by molar-refractivity contribution is 5.90. The molecule has 2 aliphatic heterocycles. The molecular formula is C56H62O10. The zero-order valence-electron chi connectivity index (χ0n) is 39.2. The summed E-state index contributed by atoms with van der Waals surface area (Å²) in [5.74, 6) is 4.48. The van der Waals surface area contributed by atoms with Crippen LogP contribution >= 0.6 is 0 Å². The molecule has 8 rings (SSSR count). The van der Waals surface area contributed by atoms with Crippen molar-refractivity contribution in [2.75, 3.05) is 39.6 Å². The summed E-state index contributed by atoms with van der Waals surface area (Å²) < 4.78 is 37.4. The van der Waals surface area contributed by atoms with Crippen molar-refractivity contribution >= 4 is 22.9 Å². The maximum Gasteiger partial charge on any atom is 0.126 e. The second kappa shape index (κ2) is 18.7. The van der Waals surface area contributed by atoms with Crippen molar-refractivity contribution < 1.29 is 48.8 Å². The largest absolute Gasteiger partial charge is 0.507 e. The molecule has 6 aromatic carbocycles. The van der Waals surface area contributed by atoms with Gasteiger partial charge in [0, 0.05) is 57.0 Å². The quantitative estimate of drug-likeness (QED) is 0.0744. The molecule has 0 atom stereocenters. The average Bonchev–Trinajstić information content (AvgIpc) is 3.28. The zero-order chi connectivity index (χ0) is 46.9. The molecule has 0 spiro atoms. The molecule has 2 heterocycles. The summed E-state index contributed by atoms with van der Waals surface area (Å²) in [6, 6.07) is 28.9. The minimum Gasteiger partial charge on any atom is -0.507 e. The molecule has 0 saturated carbocycles. The minimum atomic E-state index is -1.18. The lowest BCUT2D eigenvalue weighted by Crippen LogP contribution is -2.40. The topological polar surface area (TPSA) is 136 Å². The Morgan fingerprint density at radius 3 is 0.924 bits per heavy atom. The SMILES string of the molecule is CC(C)COc1ccc(C2(c3ccc(OCC(C)C)cc3O)C=c3c(ccc4c5c(ccc34)OCC(c3ccc(OCC(C)C)cc3O)(c3ccc(OCC(C)C)cc3O)C=5)OC2)c(O)c1. The number of benzene rings is 6. The van der Waals surface area contributed by atoms with Crippen LogP contribution < -0.4 is 38.9 Å². The van der Waals surface area contributed by atoms with Gasteiger partial charge in [0.25, 0.3) is 0 Å². The van der Waals surface area contributed by atoms with E-state index in [0.717, 1.165) is 21.2 Å². The van der Waals surface area contributed by atoms with E-state index in [1.54, 1.807) is 24.3 Å². The molecule has 0 amide bonds. The number of aromatic hydroxyl groups is 4. The Morgan fingerprint density at radius 1 is 0.409 bits per heavy atom. The molecule has 0 saturated heterocycles. The first kappa shape index (κ1) is 45.9. The maximum absolute atomic E-state index is 11.9. The minimum absolute atomic E-state index is 0.0101. The first-order chi connectivity index (χ1) is 31.6. The van der Waals surface area contributed by atoms with E-state index in [4.69, 9.17) is 28.4 Å². The second-order valence-electron chi connectivity index (χ2n) is 19.4. The molecule has 0 aromatic heterocycles. The number of ether oxygens (including phenoxy) is 6. The Bertz CT molecular complexity index is 2540. The third-order valence-corrected chi connectivity index (χ3v) is 12.0. The fourth-order valence-electron chi connectivity index (χ4n) is 8.80. The van der Waals surface area contributed by atoms with Crippen LogP contribution in [0.3, 0.4) is 0 Å². The van der Waals surface area contributed by atoms with Crippen LogP contribution in [-0.2, 0) is 10.8 Å². The smallest absolute Gasteiger partial charge is 0.126 e. The van der Waals surface area contributed by atoms with Crippen molar-refractivity contribution in [2.24, 2.45) is 23.7 Å². The number of hydrogen-bond donors (Lipinski definition) is 4. The molecule has 10 nitrogen and oxygen atoms in total. The highest BCUT2D eigenvalue weighted by Crippen LogP contribution is 2.49. The van der Waals surface area contributed by atoms with Crippen LogP contribution in [0.4, 0.5) is 0 Å². The summed E-state index contributed by atoms with van der Waals surface area (Å²) in [6.07, 6.45) is 4.13. The van der Waals surface area contributed by atoms with Crippen LogP contribution in [0.5, 0.6) is 57.5 Å². The normalized spacial score (nSPS) is 14.8. The van der Waals surface area contributed by atoms with Gasteiger partial charge < -0.3 is 48.8 Å².